The van der Waals surface area contributed by atoms with Gasteiger partial charge in [-0.25, -0.2) is 9.67 Å². The molecule has 0 aliphatic heterocycles. The summed E-state index contributed by atoms with van der Waals surface area (Å²) in [5.74, 6) is 6.09. The number of methoxy groups -OCH3 is 1. The Kier molecular flexibility index (Phi) is 5.33. The monoisotopic (exact) mass is 318 g/mol. The van der Waals surface area contributed by atoms with Crippen LogP contribution in [0.15, 0.2) is 55.1 Å². The van der Waals surface area contributed by atoms with Crippen molar-refractivity contribution in [2.75, 3.05) is 13.7 Å². The van der Waals surface area contributed by atoms with Gasteiger partial charge in [-0.1, -0.05) is 12.0 Å². The highest BCUT2D eigenvalue weighted by molar-refractivity contribution is 5.39. The Hall–Kier alpha value is -2.97. The zero-order chi connectivity index (χ0) is 16.6. The number of ether oxygens (including phenoxy) is 1. The first kappa shape index (κ1) is 15.9. The van der Waals surface area contributed by atoms with Crippen molar-refractivity contribution in [1.29, 1.82) is 0 Å². The van der Waals surface area contributed by atoms with Crippen LogP contribution in [0, 0.1) is 11.8 Å². The fourth-order valence-electron chi connectivity index (χ4n) is 2.20. The van der Waals surface area contributed by atoms with E-state index in [-0.39, 0.29) is 0 Å². The Balaban J connectivity index is 1.68. The van der Waals surface area contributed by atoms with Gasteiger partial charge in [0, 0.05) is 31.8 Å². The van der Waals surface area contributed by atoms with Crippen molar-refractivity contribution in [2.45, 2.75) is 12.8 Å². The first-order chi connectivity index (χ1) is 11.8. The molecule has 5 nitrogen and oxygen atoms in total. The molecule has 0 N–H and O–H groups in total. The van der Waals surface area contributed by atoms with Gasteiger partial charge in [0.2, 0.25) is 0 Å². The summed E-state index contributed by atoms with van der Waals surface area (Å²) in [6, 6.07) is 9.70. The number of aromatic nitrogens is 4. The molecule has 24 heavy (non-hydrogen) atoms. The third kappa shape index (κ3) is 4.28. The third-order valence-electron chi connectivity index (χ3n) is 3.44. The van der Waals surface area contributed by atoms with E-state index in [1.807, 2.05) is 42.7 Å². The molecule has 0 unspecified atom stereocenters. The average Bonchev–Trinajstić information content (AvgIpc) is 3.11. The van der Waals surface area contributed by atoms with Gasteiger partial charge >= 0.3 is 0 Å². The Morgan fingerprint density at radius 2 is 2.04 bits per heavy atom. The lowest BCUT2D eigenvalue weighted by molar-refractivity contribution is 0.195. The fourth-order valence-corrected chi connectivity index (χ4v) is 2.20. The van der Waals surface area contributed by atoms with Gasteiger partial charge < -0.3 is 4.74 Å². The molecule has 0 saturated carbocycles. The summed E-state index contributed by atoms with van der Waals surface area (Å²) in [4.78, 5) is 8.65. The van der Waals surface area contributed by atoms with Crippen molar-refractivity contribution in [3.8, 4) is 17.5 Å². The van der Waals surface area contributed by atoms with Gasteiger partial charge in [0.05, 0.1) is 23.6 Å². The largest absolute Gasteiger partial charge is 0.385 e. The smallest absolute Gasteiger partial charge is 0.113 e. The summed E-state index contributed by atoms with van der Waals surface area (Å²) >= 11 is 0. The van der Waals surface area contributed by atoms with Crippen LogP contribution in [0.4, 0.5) is 0 Å². The van der Waals surface area contributed by atoms with Crippen LogP contribution < -0.4 is 0 Å². The van der Waals surface area contributed by atoms with E-state index in [0.29, 0.717) is 0 Å². The van der Waals surface area contributed by atoms with Crippen molar-refractivity contribution in [3.63, 3.8) is 0 Å². The second-order valence-corrected chi connectivity index (χ2v) is 5.24. The summed E-state index contributed by atoms with van der Waals surface area (Å²) in [7, 11) is 1.71. The van der Waals surface area contributed by atoms with E-state index in [2.05, 4.69) is 26.9 Å². The molecular weight excluding hydrogens is 300 g/mol. The molecule has 0 amide bonds. The predicted octanol–water partition coefficient (Wildman–Crippen LogP) is 2.64. The molecule has 0 aromatic carbocycles. The van der Waals surface area contributed by atoms with E-state index in [9.17, 15) is 0 Å². The number of rotatable bonds is 5. The van der Waals surface area contributed by atoms with E-state index in [1.165, 1.54) is 0 Å². The van der Waals surface area contributed by atoms with E-state index in [0.717, 1.165) is 42.1 Å². The maximum absolute atomic E-state index is 5.06. The molecule has 0 bridgehead atoms. The van der Waals surface area contributed by atoms with E-state index < -0.39 is 0 Å². The quantitative estimate of drug-likeness (QED) is 0.536. The molecule has 120 valence electrons. The van der Waals surface area contributed by atoms with Crippen LogP contribution in [0.5, 0.6) is 0 Å². The van der Waals surface area contributed by atoms with Gasteiger partial charge in [-0.05, 0) is 43.0 Å². The number of hydrogen-bond acceptors (Lipinski definition) is 4. The first-order valence-corrected chi connectivity index (χ1v) is 7.77. The minimum Gasteiger partial charge on any atom is -0.385 e. The summed E-state index contributed by atoms with van der Waals surface area (Å²) < 4.78 is 6.83. The normalized spacial score (nSPS) is 10.2. The second-order valence-electron chi connectivity index (χ2n) is 5.24. The Labute approximate surface area is 141 Å². The maximum atomic E-state index is 5.06. The van der Waals surface area contributed by atoms with Gasteiger partial charge in [-0.2, -0.15) is 5.10 Å². The maximum Gasteiger partial charge on any atom is 0.113 e. The Morgan fingerprint density at radius 1 is 1.08 bits per heavy atom. The molecule has 0 saturated heterocycles. The second kappa shape index (κ2) is 8.04. The van der Waals surface area contributed by atoms with Crippen molar-refractivity contribution in [2.24, 2.45) is 0 Å². The highest BCUT2D eigenvalue weighted by Crippen LogP contribution is 2.09. The summed E-state index contributed by atoms with van der Waals surface area (Å²) in [6.07, 6.45) is 9.06. The topological polar surface area (TPSA) is 52.8 Å². The fraction of sp³-hybridized carbons (Fsp3) is 0.211. The SMILES string of the molecule is COCCCc1ccc(-n2cc(C#Cc3ccccn3)cn2)cn1. The average molecular weight is 318 g/mol. The van der Waals surface area contributed by atoms with E-state index in [1.54, 1.807) is 24.2 Å². The van der Waals surface area contributed by atoms with Crippen molar-refractivity contribution in [3.05, 3.63) is 72.1 Å². The van der Waals surface area contributed by atoms with Gasteiger partial charge in [-0.3, -0.25) is 4.98 Å². The minimum atomic E-state index is 0.743. The number of aryl methyl sites for hydroxylation is 1. The van der Waals surface area contributed by atoms with Crippen LogP contribution in [0.1, 0.15) is 23.4 Å². The standard InChI is InChI=1S/C19H18N4O/c1-24-12-4-6-18-9-10-19(14-21-18)23-15-16(13-22-23)7-8-17-5-2-3-11-20-17/h2-3,5,9-11,13-15H,4,6,12H2,1H3. The lowest BCUT2D eigenvalue weighted by atomic mass is 10.2. The van der Waals surface area contributed by atoms with Crippen LogP contribution in [-0.2, 0) is 11.2 Å². The Morgan fingerprint density at radius 3 is 2.79 bits per heavy atom. The molecule has 5 heteroatoms. The molecule has 3 aromatic rings. The Bertz CT molecular complexity index is 829. The molecule has 0 fully saturated rings. The number of nitrogens with zero attached hydrogens (tertiary/aromatic N) is 4. The van der Waals surface area contributed by atoms with Gasteiger partial charge in [0.25, 0.3) is 0 Å². The van der Waals surface area contributed by atoms with E-state index >= 15 is 0 Å². The third-order valence-corrected chi connectivity index (χ3v) is 3.44. The van der Waals surface area contributed by atoms with Crippen molar-refractivity contribution in [1.82, 2.24) is 19.7 Å². The summed E-state index contributed by atoms with van der Waals surface area (Å²) in [5.41, 5.74) is 3.55. The lowest BCUT2D eigenvalue weighted by Gasteiger charge is -2.03. The highest BCUT2D eigenvalue weighted by atomic mass is 16.5. The lowest BCUT2D eigenvalue weighted by Crippen LogP contribution is -1.98. The molecule has 3 aromatic heterocycles. The number of pyridine rings is 2. The first-order valence-electron chi connectivity index (χ1n) is 7.77. The van der Waals surface area contributed by atoms with Gasteiger partial charge in [-0.15, -0.1) is 0 Å². The molecule has 0 atom stereocenters. The molecule has 3 rings (SSSR count). The van der Waals surface area contributed by atoms with Crippen LogP contribution in [0.2, 0.25) is 0 Å². The molecule has 0 spiro atoms. The van der Waals surface area contributed by atoms with Gasteiger partial charge in [0.1, 0.15) is 5.69 Å². The molecule has 0 radical (unpaired) electrons. The minimum absolute atomic E-state index is 0.743. The molecule has 0 aliphatic carbocycles. The molecular formula is C19H18N4O. The van der Waals surface area contributed by atoms with Crippen LogP contribution in [0.25, 0.3) is 5.69 Å². The van der Waals surface area contributed by atoms with Crippen molar-refractivity contribution >= 4 is 0 Å². The summed E-state index contributed by atoms with van der Waals surface area (Å²) in [5, 5.41) is 4.34. The molecule has 0 aliphatic rings. The summed E-state index contributed by atoms with van der Waals surface area (Å²) in [6.45, 7) is 0.751. The highest BCUT2D eigenvalue weighted by Gasteiger charge is 2.01. The van der Waals surface area contributed by atoms with E-state index in [4.69, 9.17) is 4.74 Å². The van der Waals surface area contributed by atoms with Crippen LogP contribution >= 0.6 is 0 Å². The predicted molar refractivity (Wildman–Crippen MR) is 91.8 cm³/mol. The van der Waals surface area contributed by atoms with Crippen LogP contribution in [0.3, 0.4) is 0 Å². The zero-order valence-electron chi connectivity index (χ0n) is 13.5. The van der Waals surface area contributed by atoms with Gasteiger partial charge in [0.15, 0.2) is 0 Å². The number of hydrogen-bond donors (Lipinski definition) is 0. The van der Waals surface area contributed by atoms with Crippen molar-refractivity contribution < 1.29 is 4.74 Å². The van der Waals surface area contributed by atoms with Crippen LogP contribution in [-0.4, -0.2) is 33.5 Å². The molecule has 3 heterocycles. The zero-order valence-corrected chi connectivity index (χ0v) is 13.5.